The van der Waals surface area contributed by atoms with Crippen LogP contribution >= 0.6 is 0 Å². The highest BCUT2D eigenvalue weighted by atomic mass is 16.5. The Morgan fingerprint density at radius 2 is 2.11 bits per heavy atom. The fraction of sp³-hybridized carbons (Fsp3) is 0.429. The van der Waals surface area contributed by atoms with Crippen molar-refractivity contribution in [1.82, 2.24) is 29.9 Å². The molecular weight excluding hydrogens is 468 g/mol. The molecule has 1 aromatic carbocycles. The van der Waals surface area contributed by atoms with E-state index in [1.165, 1.54) is 17.5 Å². The Labute approximate surface area is 214 Å². The molecule has 190 valence electrons. The molecule has 1 atom stereocenters. The number of aromatic nitrogens is 5. The van der Waals surface area contributed by atoms with Gasteiger partial charge in [0.1, 0.15) is 22.7 Å². The second-order valence-corrected chi connectivity index (χ2v) is 10.6. The van der Waals surface area contributed by atoms with Gasteiger partial charge in [0.15, 0.2) is 0 Å². The molecule has 2 N–H and O–H groups in total. The summed E-state index contributed by atoms with van der Waals surface area (Å²) in [4.78, 5) is 19.7. The van der Waals surface area contributed by atoms with Crippen LogP contribution in [-0.2, 0) is 17.6 Å². The molecule has 0 unspecified atom stereocenters. The predicted octanol–water partition coefficient (Wildman–Crippen LogP) is 3.53. The largest absolute Gasteiger partial charge is 0.494 e. The summed E-state index contributed by atoms with van der Waals surface area (Å²) in [6.45, 7) is 1.37. The van der Waals surface area contributed by atoms with Gasteiger partial charge >= 0.3 is 0 Å². The van der Waals surface area contributed by atoms with Crippen molar-refractivity contribution in [1.29, 1.82) is 0 Å². The molecule has 9 heteroatoms. The first-order chi connectivity index (χ1) is 18.1. The molecule has 3 aliphatic rings. The van der Waals surface area contributed by atoms with Crippen LogP contribution in [0.25, 0.3) is 33.5 Å². The summed E-state index contributed by atoms with van der Waals surface area (Å²) >= 11 is 0. The number of aliphatic hydroxyl groups excluding tert-OH is 1. The van der Waals surface area contributed by atoms with Gasteiger partial charge in [0.25, 0.3) is 0 Å². The number of hydrogen-bond donors (Lipinski definition) is 2. The molecule has 7 rings (SSSR count). The molecule has 4 heterocycles. The van der Waals surface area contributed by atoms with Crippen molar-refractivity contribution in [3.63, 3.8) is 0 Å². The van der Waals surface area contributed by atoms with E-state index in [9.17, 15) is 9.90 Å². The van der Waals surface area contributed by atoms with Gasteiger partial charge < -0.3 is 14.7 Å². The number of H-pyrrole nitrogens is 1. The van der Waals surface area contributed by atoms with Gasteiger partial charge in [0.2, 0.25) is 5.91 Å². The highest BCUT2D eigenvalue weighted by Crippen LogP contribution is 2.39. The van der Waals surface area contributed by atoms with Crippen LogP contribution < -0.4 is 4.74 Å². The summed E-state index contributed by atoms with van der Waals surface area (Å²) in [5, 5.41) is 21.9. The second-order valence-electron chi connectivity index (χ2n) is 10.6. The minimum absolute atomic E-state index is 0.0274. The molecular formula is C28H30N6O3. The van der Waals surface area contributed by atoms with E-state index in [4.69, 9.17) is 9.72 Å². The topological polar surface area (TPSA) is 109 Å². The van der Waals surface area contributed by atoms with Crippen LogP contribution in [0.15, 0.2) is 36.7 Å². The molecule has 37 heavy (non-hydrogen) atoms. The lowest BCUT2D eigenvalue weighted by atomic mass is 9.81. The lowest BCUT2D eigenvalue weighted by molar-refractivity contribution is -0.141. The number of benzene rings is 1. The number of ether oxygens (including phenoxy) is 1. The second kappa shape index (κ2) is 8.69. The Morgan fingerprint density at radius 1 is 1.22 bits per heavy atom. The number of aliphatic hydroxyl groups is 1. The number of carbonyl (C=O) groups excluding carboxylic acids is 1. The quantitative estimate of drug-likeness (QED) is 0.436. The van der Waals surface area contributed by atoms with E-state index < -0.39 is 0 Å². The molecule has 9 nitrogen and oxygen atoms in total. The summed E-state index contributed by atoms with van der Waals surface area (Å²) in [7, 11) is 1.68. The summed E-state index contributed by atoms with van der Waals surface area (Å²) in [5.74, 6) is 0.866. The zero-order valence-corrected chi connectivity index (χ0v) is 20.9. The SMILES string of the molecule is COc1cc2[nH]nc(-c3cnn([C@H]4CCN(C(=O)C5CC(O)C5)C4)c3)c2nc1-c1cccc2c1CCC2. The molecule has 1 amide bonds. The molecule has 1 saturated carbocycles. The van der Waals surface area contributed by atoms with Gasteiger partial charge in [-0.1, -0.05) is 18.2 Å². The number of fused-ring (bicyclic) bond motifs is 2. The lowest BCUT2D eigenvalue weighted by Crippen LogP contribution is -2.42. The highest BCUT2D eigenvalue weighted by Gasteiger charge is 2.38. The van der Waals surface area contributed by atoms with Crippen LogP contribution in [0, 0.1) is 5.92 Å². The first kappa shape index (κ1) is 22.5. The molecule has 0 radical (unpaired) electrons. The maximum Gasteiger partial charge on any atom is 0.225 e. The normalized spacial score (nSPS) is 22.9. The van der Waals surface area contributed by atoms with E-state index in [0.717, 1.165) is 65.1 Å². The highest BCUT2D eigenvalue weighted by molar-refractivity contribution is 5.93. The number of methoxy groups -OCH3 is 1. The predicted molar refractivity (Wildman–Crippen MR) is 138 cm³/mol. The number of aryl methyl sites for hydroxylation is 1. The minimum Gasteiger partial charge on any atom is -0.494 e. The molecule has 2 aliphatic carbocycles. The van der Waals surface area contributed by atoms with Gasteiger partial charge in [-0.15, -0.1) is 0 Å². The van der Waals surface area contributed by atoms with Crippen molar-refractivity contribution in [3.8, 4) is 28.3 Å². The van der Waals surface area contributed by atoms with E-state index in [0.29, 0.717) is 19.4 Å². The number of carbonyl (C=O) groups is 1. The van der Waals surface area contributed by atoms with E-state index >= 15 is 0 Å². The fourth-order valence-corrected chi connectivity index (χ4v) is 6.19. The van der Waals surface area contributed by atoms with Crippen molar-refractivity contribution < 1.29 is 14.6 Å². The molecule has 4 aromatic rings. The van der Waals surface area contributed by atoms with Gasteiger partial charge in [-0.3, -0.25) is 14.6 Å². The van der Waals surface area contributed by atoms with Crippen LogP contribution in [0.5, 0.6) is 5.75 Å². The van der Waals surface area contributed by atoms with Crippen molar-refractivity contribution in [2.45, 2.75) is 50.7 Å². The standard InChI is InChI=1S/C28H30N6O3/c1-37-24-12-23-27(30-26(24)22-7-3-5-16-4-2-6-21(16)22)25(32-31-23)18-13-29-34(14-18)19-8-9-33(15-19)28(36)17-10-20(35)11-17/h3,5,7,12-14,17,19-20,35H,2,4,6,8-11,15H2,1H3,(H,31,32)/t17?,19-,20?/m0/s1. The zero-order chi connectivity index (χ0) is 25.1. The summed E-state index contributed by atoms with van der Waals surface area (Å²) in [5.41, 5.74) is 7.98. The molecule has 0 bridgehead atoms. The van der Waals surface area contributed by atoms with Crippen LogP contribution in [0.2, 0.25) is 0 Å². The Bertz CT molecular complexity index is 1500. The number of nitrogens with zero attached hydrogens (tertiary/aromatic N) is 5. The number of likely N-dealkylation sites (tertiary alicyclic amines) is 1. The lowest BCUT2D eigenvalue weighted by Gasteiger charge is -2.33. The van der Waals surface area contributed by atoms with Gasteiger partial charge in [-0.05, 0) is 49.7 Å². The number of hydrogen-bond acceptors (Lipinski definition) is 6. The van der Waals surface area contributed by atoms with Crippen LogP contribution in [0.3, 0.4) is 0 Å². The van der Waals surface area contributed by atoms with E-state index in [1.807, 2.05) is 28.0 Å². The maximum atomic E-state index is 12.7. The monoisotopic (exact) mass is 498 g/mol. The van der Waals surface area contributed by atoms with Gasteiger partial charge in [0.05, 0.1) is 31.0 Å². The zero-order valence-electron chi connectivity index (χ0n) is 20.9. The number of rotatable bonds is 5. The average molecular weight is 499 g/mol. The van der Waals surface area contributed by atoms with Crippen LogP contribution in [0.1, 0.15) is 42.9 Å². The summed E-state index contributed by atoms with van der Waals surface area (Å²) in [6, 6.07) is 8.56. The van der Waals surface area contributed by atoms with Gasteiger partial charge in [0, 0.05) is 42.4 Å². The van der Waals surface area contributed by atoms with E-state index in [2.05, 4.69) is 33.5 Å². The number of amides is 1. The molecule has 0 spiro atoms. The van der Waals surface area contributed by atoms with Crippen molar-refractivity contribution in [3.05, 3.63) is 47.8 Å². The first-order valence-corrected chi connectivity index (χ1v) is 13.1. The smallest absolute Gasteiger partial charge is 0.225 e. The summed E-state index contributed by atoms with van der Waals surface area (Å²) in [6.07, 6.45) is 8.89. The number of aromatic amines is 1. The van der Waals surface area contributed by atoms with E-state index in [1.54, 1.807) is 7.11 Å². The van der Waals surface area contributed by atoms with Crippen molar-refractivity contribution in [2.24, 2.45) is 5.92 Å². The molecule has 1 aliphatic heterocycles. The Balaban J connectivity index is 1.19. The first-order valence-electron chi connectivity index (χ1n) is 13.1. The van der Waals surface area contributed by atoms with Crippen molar-refractivity contribution >= 4 is 16.9 Å². The van der Waals surface area contributed by atoms with Crippen molar-refractivity contribution in [2.75, 3.05) is 20.2 Å². The average Bonchev–Trinajstić information content (AvgIpc) is 3.70. The molecule has 3 aromatic heterocycles. The number of nitrogens with one attached hydrogen (secondary N) is 1. The number of pyridine rings is 1. The Kier molecular flexibility index (Phi) is 5.28. The van der Waals surface area contributed by atoms with Crippen LogP contribution in [0.4, 0.5) is 0 Å². The minimum atomic E-state index is -0.318. The van der Waals surface area contributed by atoms with Gasteiger partial charge in [-0.25, -0.2) is 4.98 Å². The molecule has 2 fully saturated rings. The fourth-order valence-electron chi connectivity index (χ4n) is 6.19. The Hall–Kier alpha value is -3.72. The maximum absolute atomic E-state index is 12.7. The third kappa shape index (κ3) is 3.71. The van der Waals surface area contributed by atoms with Crippen LogP contribution in [-0.4, -0.2) is 67.2 Å². The van der Waals surface area contributed by atoms with E-state index in [-0.39, 0.29) is 24.0 Å². The third-order valence-corrected chi connectivity index (χ3v) is 8.31. The Morgan fingerprint density at radius 3 is 2.95 bits per heavy atom. The molecule has 1 saturated heterocycles. The third-order valence-electron chi connectivity index (χ3n) is 8.31. The summed E-state index contributed by atoms with van der Waals surface area (Å²) < 4.78 is 7.70. The van der Waals surface area contributed by atoms with Gasteiger partial charge in [-0.2, -0.15) is 10.2 Å².